The fraction of sp³-hybridized carbons (Fsp3) is 0.680. The number of aliphatic hydroxyl groups excluding tert-OH is 1. The molecule has 31 heavy (non-hydrogen) atoms. The van der Waals surface area contributed by atoms with Crippen molar-refractivity contribution in [2.24, 2.45) is 17.3 Å². The molecule has 1 saturated heterocycles. The molecule has 0 spiro atoms. The topological polar surface area (TPSA) is 81.7 Å². The minimum absolute atomic E-state index is 0.0119. The monoisotopic (exact) mass is 425 g/mol. The van der Waals surface area contributed by atoms with Crippen LogP contribution in [-0.2, 0) is 4.79 Å². The van der Waals surface area contributed by atoms with Crippen molar-refractivity contribution in [3.63, 3.8) is 0 Å². The molecule has 1 aromatic rings. The Morgan fingerprint density at radius 3 is 2.74 bits per heavy atom. The number of nitrogens with zero attached hydrogens (tertiary/aromatic N) is 1. The Kier molecular flexibility index (Phi) is 5.24. The van der Waals surface area contributed by atoms with Gasteiger partial charge in [0.2, 0.25) is 5.91 Å². The normalized spacial score (nSPS) is 36.3. The van der Waals surface area contributed by atoms with Crippen molar-refractivity contribution in [1.29, 1.82) is 0 Å². The van der Waals surface area contributed by atoms with Gasteiger partial charge in [0.25, 0.3) is 5.91 Å². The highest BCUT2D eigenvalue weighted by Crippen LogP contribution is 2.61. The number of nitrogens with one attached hydrogen (secondary N) is 2. The molecule has 4 aliphatic rings. The Bertz CT molecular complexity index is 856. The Morgan fingerprint density at radius 1 is 1.19 bits per heavy atom. The number of carbonyl (C=O) groups excluding carboxylic acids is 2. The highest BCUT2D eigenvalue weighted by molar-refractivity contribution is 5.95. The summed E-state index contributed by atoms with van der Waals surface area (Å²) in [5, 5.41) is 16.7. The van der Waals surface area contributed by atoms with Crippen LogP contribution in [0.4, 0.5) is 5.69 Å². The van der Waals surface area contributed by atoms with E-state index in [4.69, 9.17) is 0 Å². The second-order valence-corrected chi connectivity index (χ2v) is 10.7. The molecule has 5 atom stereocenters. The lowest BCUT2D eigenvalue weighted by Crippen LogP contribution is -2.50. The molecule has 5 rings (SSSR count). The zero-order chi connectivity index (χ0) is 21.6. The fourth-order valence-corrected chi connectivity index (χ4v) is 7.31. The molecule has 6 heteroatoms. The van der Waals surface area contributed by atoms with Crippen molar-refractivity contribution >= 4 is 17.5 Å². The van der Waals surface area contributed by atoms with E-state index in [9.17, 15) is 14.7 Å². The van der Waals surface area contributed by atoms with Crippen molar-refractivity contribution in [3.8, 4) is 0 Å². The van der Waals surface area contributed by atoms with Gasteiger partial charge in [0.1, 0.15) is 0 Å². The van der Waals surface area contributed by atoms with E-state index in [2.05, 4.69) is 15.5 Å². The third-order valence-electron chi connectivity index (χ3n) is 8.56. The van der Waals surface area contributed by atoms with E-state index < -0.39 is 0 Å². The van der Waals surface area contributed by atoms with Crippen molar-refractivity contribution in [3.05, 3.63) is 29.8 Å². The third-order valence-corrected chi connectivity index (χ3v) is 8.56. The predicted octanol–water partition coefficient (Wildman–Crippen LogP) is 2.85. The van der Waals surface area contributed by atoms with Gasteiger partial charge in [-0.15, -0.1) is 0 Å². The predicted molar refractivity (Wildman–Crippen MR) is 120 cm³/mol. The van der Waals surface area contributed by atoms with Gasteiger partial charge in [0.15, 0.2) is 0 Å². The molecule has 4 fully saturated rings. The molecule has 2 amide bonds. The minimum atomic E-state index is -0.146. The average Bonchev–Trinajstić information content (AvgIpc) is 3.24. The number of amides is 2. The highest BCUT2D eigenvalue weighted by atomic mass is 16.3. The van der Waals surface area contributed by atoms with Crippen LogP contribution in [0.3, 0.4) is 0 Å². The largest absolute Gasteiger partial charge is 0.396 e. The third kappa shape index (κ3) is 3.84. The molecule has 3 aliphatic carbocycles. The molecular formula is C25H35N3O3. The van der Waals surface area contributed by atoms with Crippen LogP contribution in [0, 0.1) is 17.3 Å². The maximum absolute atomic E-state index is 13.2. The quantitative estimate of drug-likeness (QED) is 0.678. The number of fused-ring (bicyclic) bond motifs is 2. The lowest BCUT2D eigenvalue weighted by Gasteiger charge is -2.38. The van der Waals surface area contributed by atoms with E-state index in [1.54, 1.807) is 6.92 Å². The first-order valence-corrected chi connectivity index (χ1v) is 12.0. The first-order chi connectivity index (χ1) is 14.9. The van der Waals surface area contributed by atoms with E-state index in [1.165, 1.54) is 19.3 Å². The molecular weight excluding hydrogens is 390 g/mol. The Hall–Kier alpha value is -2.08. The molecule has 168 valence electrons. The zero-order valence-corrected chi connectivity index (χ0v) is 18.5. The molecule has 1 aromatic carbocycles. The maximum Gasteiger partial charge on any atom is 0.251 e. The van der Waals surface area contributed by atoms with Gasteiger partial charge in [-0.1, -0.05) is 12.8 Å². The van der Waals surface area contributed by atoms with E-state index in [0.717, 1.165) is 50.9 Å². The molecule has 5 unspecified atom stereocenters. The molecule has 3 saturated carbocycles. The van der Waals surface area contributed by atoms with E-state index in [1.807, 2.05) is 24.3 Å². The van der Waals surface area contributed by atoms with Crippen molar-refractivity contribution in [2.45, 2.75) is 69.9 Å². The summed E-state index contributed by atoms with van der Waals surface area (Å²) in [5.74, 6) is 1.26. The minimum Gasteiger partial charge on any atom is -0.396 e. The molecule has 1 heterocycles. The van der Waals surface area contributed by atoms with Gasteiger partial charge in [-0.2, -0.15) is 0 Å². The molecule has 0 radical (unpaired) electrons. The summed E-state index contributed by atoms with van der Waals surface area (Å²) in [4.78, 5) is 26.7. The lowest BCUT2D eigenvalue weighted by atomic mass is 9.74. The average molecular weight is 426 g/mol. The van der Waals surface area contributed by atoms with Crippen molar-refractivity contribution in [1.82, 2.24) is 10.6 Å². The summed E-state index contributed by atoms with van der Waals surface area (Å²) in [6.07, 6.45) is 8.74. The summed E-state index contributed by atoms with van der Waals surface area (Å²) in [6.45, 7) is 3.53. The number of anilines is 1. The van der Waals surface area contributed by atoms with E-state index >= 15 is 0 Å². The van der Waals surface area contributed by atoms with Crippen LogP contribution in [-0.4, -0.2) is 48.2 Å². The summed E-state index contributed by atoms with van der Waals surface area (Å²) in [7, 11) is 0. The number of carbonyl (C=O) groups is 2. The van der Waals surface area contributed by atoms with Crippen molar-refractivity contribution in [2.75, 3.05) is 24.6 Å². The number of hydrogen-bond acceptors (Lipinski definition) is 4. The lowest BCUT2D eigenvalue weighted by molar-refractivity contribution is -0.119. The van der Waals surface area contributed by atoms with Gasteiger partial charge in [-0.25, -0.2) is 0 Å². The summed E-state index contributed by atoms with van der Waals surface area (Å²) >= 11 is 0. The van der Waals surface area contributed by atoms with Gasteiger partial charge < -0.3 is 20.6 Å². The first kappa shape index (κ1) is 20.8. The zero-order valence-electron chi connectivity index (χ0n) is 18.5. The second kappa shape index (κ2) is 7.80. The molecule has 3 bridgehead atoms. The van der Waals surface area contributed by atoms with Gasteiger partial charge in [-0.3, -0.25) is 9.59 Å². The van der Waals surface area contributed by atoms with Crippen LogP contribution < -0.4 is 15.5 Å². The summed E-state index contributed by atoms with van der Waals surface area (Å²) in [5.41, 5.74) is 1.66. The Labute approximate surface area is 184 Å². The fourth-order valence-electron chi connectivity index (χ4n) is 7.31. The van der Waals surface area contributed by atoms with Gasteiger partial charge in [0.05, 0.1) is 0 Å². The maximum atomic E-state index is 13.2. The number of rotatable bonds is 5. The van der Waals surface area contributed by atoms with Crippen LogP contribution in [0.25, 0.3) is 0 Å². The molecule has 0 aromatic heterocycles. The van der Waals surface area contributed by atoms with Crippen molar-refractivity contribution < 1.29 is 14.7 Å². The highest BCUT2D eigenvalue weighted by Gasteiger charge is 2.59. The molecule has 6 nitrogen and oxygen atoms in total. The number of hydrogen-bond donors (Lipinski definition) is 3. The smallest absolute Gasteiger partial charge is 0.251 e. The van der Waals surface area contributed by atoms with E-state index in [0.29, 0.717) is 17.4 Å². The number of aliphatic hydroxyl groups is 1. The van der Waals surface area contributed by atoms with Gasteiger partial charge >= 0.3 is 0 Å². The summed E-state index contributed by atoms with van der Waals surface area (Å²) < 4.78 is 0. The molecule has 3 N–H and O–H groups in total. The van der Waals surface area contributed by atoms with Crippen LogP contribution in [0.1, 0.15) is 68.6 Å². The van der Waals surface area contributed by atoms with Gasteiger partial charge in [0, 0.05) is 49.5 Å². The molecule has 1 aliphatic heterocycles. The van der Waals surface area contributed by atoms with Crippen LogP contribution in [0.5, 0.6) is 0 Å². The van der Waals surface area contributed by atoms with Crippen LogP contribution >= 0.6 is 0 Å². The SMILES string of the molecule is CC(=O)NC1CCN(c2ccc(C(=O)NC34CC5CCCC(CO)(C3)C(C5)C4)cc2)C1. The van der Waals surface area contributed by atoms with Gasteiger partial charge in [-0.05, 0) is 80.0 Å². The van der Waals surface area contributed by atoms with E-state index in [-0.39, 0.29) is 35.4 Å². The van der Waals surface area contributed by atoms with Crippen LogP contribution in [0.2, 0.25) is 0 Å². The first-order valence-electron chi connectivity index (χ1n) is 12.0. The Morgan fingerprint density at radius 2 is 2.00 bits per heavy atom. The second-order valence-electron chi connectivity index (χ2n) is 10.7. The summed E-state index contributed by atoms with van der Waals surface area (Å²) in [6, 6.07) is 8.07. The Balaban J connectivity index is 1.26. The number of benzene rings is 1. The standard InChI is InChI=1S/C25H35N3O3/c1-17(30)26-21-8-10-28(14-21)22-6-4-19(5-7-22)23(31)27-25-12-18-3-2-9-24(15-25,16-29)20(11-18)13-25/h4-7,18,20-21,29H,2-3,8-16H2,1H3,(H,26,30)(H,27,31). The van der Waals surface area contributed by atoms with Crippen LogP contribution in [0.15, 0.2) is 24.3 Å².